The molecule has 1 atom stereocenters. The van der Waals surface area contributed by atoms with Crippen LogP contribution in [0.1, 0.15) is 33.6 Å². The predicted octanol–water partition coefficient (Wildman–Crippen LogP) is 3.39. The fraction of sp³-hybridized carbons (Fsp3) is 0.632. The first-order chi connectivity index (χ1) is 12.1. The highest BCUT2D eigenvalue weighted by Crippen LogP contribution is 2.22. The summed E-state index contributed by atoms with van der Waals surface area (Å²) in [7, 11) is 1.78. The van der Waals surface area contributed by atoms with Crippen LogP contribution < -0.4 is 15.4 Å². The molecule has 1 aromatic carbocycles. The molecule has 0 spiro atoms. The summed E-state index contributed by atoms with van der Waals surface area (Å²) in [6.07, 6.45) is 2.30. The molecule has 0 fully saturated rings. The van der Waals surface area contributed by atoms with Gasteiger partial charge in [-0.3, -0.25) is 4.99 Å². The molecular weight excluding hydrogens is 336 g/mol. The minimum absolute atomic E-state index is 0.381. The van der Waals surface area contributed by atoms with Gasteiger partial charge >= 0.3 is 0 Å². The number of nitrogens with zero attached hydrogens (tertiary/aromatic N) is 2. The van der Waals surface area contributed by atoms with Gasteiger partial charge in [-0.15, -0.1) is 0 Å². The van der Waals surface area contributed by atoms with Crippen molar-refractivity contribution in [2.24, 2.45) is 4.99 Å². The van der Waals surface area contributed by atoms with Gasteiger partial charge < -0.3 is 20.3 Å². The number of hydrogen-bond acceptors (Lipinski definition) is 3. The van der Waals surface area contributed by atoms with Gasteiger partial charge in [-0.1, -0.05) is 37.6 Å². The molecule has 0 radical (unpaired) electrons. The molecule has 0 heterocycles. The van der Waals surface area contributed by atoms with E-state index in [1.54, 1.807) is 7.05 Å². The first-order valence-corrected chi connectivity index (χ1v) is 9.55. The molecule has 0 aromatic heterocycles. The van der Waals surface area contributed by atoms with Crippen LogP contribution in [0, 0.1) is 0 Å². The third-order valence-electron chi connectivity index (χ3n) is 4.10. The smallest absolute Gasteiger partial charge is 0.191 e. The van der Waals surface area contributed by atoms with Crippen LogP contribution in [-0.4, -0.2) is 56.7 Å². The van der Waals surface area contributed by atoms with Gasteiger partial charge in [0.1, 0.15) is 12.4 Å². The van der Waals surface area contributed by atoms with E-state index in [0.717, 1.165) is 32.0 Å². The Morgan fingerprint density at radius 2 is 2.00 bits per heavy atom. The van der Waals surface area contributed by atoms with Crippen LogP contribution in [0.2, 0.25) is 5.02 Å². The maximum absolute atomic E-state index is 6.07. The zero-order chi connectivity index (χ0) is 18.5. The first kappa shape index (κ1) is 21.6. The Hall–Kier alpha value is -1.46. The van der Waals surface area contributed by atoms with Crippen molar-refractivity contribution in [1.29, 1.82) is 0 Å². The Bertz CT molecular complexity index is 506. The topological polar surface area (TPSA) is 48.9 Å². The number of ether oxygens (including phenoxy) is 1. The Morgan fingerprint density at radius 1 is 1.28 bits per heavy atom. The summed E-state index contributed by atoms with van der Waals surface area (Å²) in [4.78, 5) is 6.72. The molecule has 0 aliphatic carbocycles. The fourth-order valence-electron chi connectivity index (χ4n) is 2.55. The van der Waals surface area contributed by atoms with E-state index in [0.29, 0.717) is 30.0 Å². The van der Waals surface area contributed by atoms with Crippen LogP contribution in [0.4, 0.5) is 0 Å². The van der Waals surface area contributed by atoms with E-state index in [1.165, 1.54) is 6.42 Å². The van der Waals surface area contributed by atoms with Crippen molar-refractivity contribution in [3.8, 4) is 5.75 Å². The molecule has 5 nitrogen and oxygen atoms in total. The first-order valence-electron chi connectivity index (χ1n) is 9.17. The third-order valence-corrected chi connectivity index (χ3v) is 4.41. The molecule has 6 heteroatoms. The number of nitrogens with one attached hydrogen (secondary N) is 2. The van der Waals surface area contributed by atoms with E-state index in [4.69, 9.17) is 16.3 Å². The number of hydrogen-bond donors (Lipinski definition) is 2. The number of rotatable bonds is 11. The van der Waals surface area contributed by atoms with Gasteiger partial charge in [-0.25, -0.2) is 0 Å². The summed E-state index contributed by atoms with van der Waals surface area (Å²) in [5.41, 5.74) is 0. The summed E-state index contributed by atoms with van der Waals surface area (Å²) in [6, 6.07) is 7.87. The molecule has 2 N–H and O–H groups in total. The predicted molar refractivity (Wildman–Crippen MR) is 108 cm³/mol. The minimum Gasteiger partial charge on any atom is -0.490 e. The lowest BCUT2D eigenvalue weighted by Gasteiger charge is -2.21. The standard InChI is InChI=1S/C19H33ClN4O/c1-5-24(6-2)14-9-10-16(3)23-19(21-4)22-13-15-25-18-12-8-7-11-17(18)20/h7-8,11-12,16H,5-6,9-10,13-15H2,1-4H3,(H2,21,22,23). The van der Waals surface area contributed by atoms with Crippen molar-refractivity contribution in [2.45, 2.75) is 39.7 Å². The summed E-state index contributed by atoms with van der Waals surface area (Å²) in [5.74, 6) is 1.51. The van der Waals surface area contributed by atoms with Gasteiger partial charge in [-0.05, 0) is 51.5 Å². The Balaban J connectivity index is 2.22. The van der Waals surface area contributed by atoms with Crippen molar-refractivity contribution in [2.75, 3.05) is 39.8 Å². The zero-order valence-corrected chi connectivity index (χ0v) is 16.8. The van der Waals surface area contributed by atoms with Crippen LogP contribution in [0.15, 0.2) is 29.3 Å². The van der Waals surface area contributed by atoms with E-state index in [1.807, 2.05) is 24.3 Å². The molecule has 0 bridgehead atoms. The second kappa shape index (κ2) is 12.8. The molecule has 1 aromatic rings. The SMILES string of the molecule is CCN(CC)CCCC(C)NC(=NC)NCCOc1ccccc1Cl. The van der Waals surface area contributed by atoms with Crippen molar-refractivity contribution in [1.82, 2.24) is 15.5 Å². The molecule has 25 heavy (non-hydrogen) atoms. The van der Waals surface area contributed by atoms with E-state index in [-0.39, 0.29) is 0 Å². The molecule has 142 valence electrons. The van der Waals surface area contributed by atoms with Gasteiger partial charge in [-0.2, -0.15) is 0 Å². The maximum Gasteiger partial charge on any atom is 0.191 e. The number of benzene rings is 1. The van der Waals surface area contributed by atoms with E-state index < -0.39 is 0 Å². The number of para-hydroxylation sites is 1. The van der Waals surface area contributed by atoms with Crippen molar-refractivity contribution in [3.63, 3.8) is 0 Å². The Labute approximate surface area is 157 Å². The zero-order valence-electron chi connectivity index (χ0n) is 16.0. The van der Waals surface area contributed by atoms with Gasteiger partial charge in [0.25, 0.3) is 0 Å². The van der Waals surface area contributed by atoms with Crippen LogP contribution in [0.3, 0.4) is 0 Å². The van der Waals surface area contributed by atoms with Gasteiger partial charge in [0.2, 0.25) is 0 Å². The second-order valence-electron chi connectivity index (χ2n) is 5.99. The molecule has 0 aliphatic rings. The molecule has 0 saturated heterocycles. The highest BCUT2D eigenvalue weighted by atomic mass is 35.5. The van der Waals surface area contributed by atoms with Crippen LogP contribution in [-0.2, 0) is 0 Å². The lowest BCUT2D eigenvalue weighted by Crippen LogP contribution is -2.43. The normalized spacial score (nSPS) is 13.0. The quantitative estimate of drug-likeness (QED) is 0.357. The van der Waals surface area contributed by atoms with Crippen molar-refractivity contribution in [3.05, 3.63) is 29.3 Å². The van der Waals surface area contributed by atoms with Crippen molar-refractivity contribution >= 4 is 17.6 Å². The molecular formula is C19H33ClN4O. The largest absolute Gasteiger partial charge is 0.490 e. The summed E-state index contributed by atoms with van der Waals surface area (Å²) >= 11 is 6.07. The third kappa shape index (κ3) is 8.98. The molecule has 1 unspecified atom stereocenters. The second-order valence-corrected chi connectivity index (χ2v) is 6.40. The monoisotopic (exact) mass is 368 g/mol. The number of guanidine groups is 1. The Morgan fingerprint density at radius 3 is 2.64 bits per heavy atom. The van der Waals surface area contributed by atoms with Crippen LogP contribution in [0.25, 0.3) is 0 Å². The lowest BCUT2D eigenvalue weighted by atomic mass is 10.2. The van der Waals surface area contributed by atoms with Gasteiger partial charge in [0.05, 0.1) is 11.6 Å². The maximum atomic E-state index is 6.07. The van der Waals surface area contributed by atoms with E-state index in [2.05, 4.69) is 41.3 Å². The average Bonchev–Trinajstić information content (AvgIpc) is 2.62. The molecule has 1 rings (SSSR count). The highest BCUT2D eigenvalue weighted by molar-refractivity contribution is 6.32. The van der Waals surface area contributed by atoms with Crippen molar-refractivity contribution < 1.29 is 4.74 Å². The van der Waals surface area contributed by atoms with E-state index in [9.17, 15) is 0 Å². The van der Waals surface area contributed by atoms with Gasteiger partial charge in [0.15, 0.2) is 5.96 Å². The Kier molecular flexibility index (Phi) is 11.1. The van der Waals surface area contributed by atoms with E-state index >= 15 is 0 Å². The average molecular weight is 369 g/mol. The summed E-state index contributed by atoms with van der Waals surface area (Å²) in [5, 5.41) is 7.33. The molecule has 0 amide bonds. The number of halogens is 1. The minimum atomic E-state index is 0.381. The summed E-state index contributed by atoms with van der Waals surface area (Å²) in [6.45, 7) is 11.2. The highest BCUT2D eigenvalue weighted by Gasteiger charge is 2.06. The number of aliphatic imine (C=N–C) groups is 1. The summed E-state index contributed by atoms with van der Waals surface area (Å²) < 4.78 is 5.67. The lowest BCUT2D eigenvalue weighted by molar-refractivity contribution is 0.292. The van der Waals surface area contributed by atoms with Crippen LogP contribution in [0.5, 0.6) is 5.75 Å². The fourth-order valence-corrected chi connectivity index (χ4v) is 2.74. The molecule has 0 aliphatic heterocycles. The van der Waals surface area contributed by atoms with Gasteiger partial charge in [0, 0.05) is 13.1 Å². The van der Waals surface area contributed by atoms with Crippen LogP contribution >= 0.6 is 11.6 Å². The molecule has 0 saturated carbocycles.